The molecule has 0 saturated carbocycles. The predicted molar refractivity (Wildman–Crippen MR) is 88.5 cm³/mol. The summed E-state index contributed by atoms with van der Waals surface area (Å²) in [4.78, 5) is 0. The van der Waals surface area contributed by atoms with Crippen LogP contribution in [0.15, 0.2) is 60.7 Å². The van der Waals surface area contributed by atoms with Gasteiger partial charge in [-0.05, 0) is 23.0 Å². The van der Waals surface area contributed by atoms with Gasteiger partial charge in [-0.2, -0.15) is 0 Å². The average molecular weight is 287 g/mol. The first-order valence-corrected chi connectivity index (χ1v) is 11.1. The molecule has 0 spiro atoms. The molecule has 19 heavy (non-hydrogen) atoms. The summed E-state index contributed by atoms with van der Waals surface area (Å²) < 4.78 is 6.54. The minimum absolute atomic E-state index is 1.04. The van der Waals surface area contributed by atoms with Gasteiger partial charge in [0.25, 0.3) is 0 Å². The van der Waals surface area contributed by atoms with Crippen molar-refractivity contribution in [3.63, 3.8) is 0 Å². The number of benzene rings is 2. The zero-order chi connectivity index (χ0) is 13.5. The average Bonchev–Trinajstić information content (AvgIpc) is 2.47. The molecule has 0 aliphatic carbocycles. The Balaban J connectivity index is 2.24. The van der Waals surface area contributed by atoms with E-state index in [1.165, 1.54) is 22.8 Å². The van der Waals surface area contributed by atoms with Crippen LogP contribution in [-0.4, -0.2) is 18.1 Å². The first kappa shape index (κ1) is 14.2. The van der Waals surface area contributed by atoms with Crippen LogP contribution in [0, 0.1) is 0 Å². The van der Waals surface area contributed by atoms with E-state index in [9.17, 15) is 0 Å². The quantitative estimate of drug-likeness (QED) is 0.741. The molecule has 3 heteroatoms. The van der Waals surface area contributed by atoms with Crippen LogP contribution in [0.3, 0.4) is 0 Å². The van der Waals surface area contributed by atoms with Gasteiger partial charge in [0.2, 0.25) is 9.04 Å². The summed E-state index contributed by atoms with van der Waals surface area (Å²) in [6.45, 7) is 4.57. The van der Waals surface area contributed by atoms with Crippen LogP contribution >= 0.6 is 0 Å². The van der Waals surface area contributed by atoms with Gasteiger partial charge in [-0.15, -0.1) is 0 Å². The van der Waals surface area contributed by atoms with Crippen LogP contribution in [0.25, 0.3) is 0 Å². The van der Waals surface area contributed by atoms with Gasteiger partial charge in [-0.1, -0.05) is 74.0 Å². The smallest absolute Gasteiger partial charge is 0.228 e. The maximum Gasteiger partial charge on any atom is 0.228 e. The Kier molecular flexibility index (Phi) is 5.57. The second-order valence-electron chi connectivity index (χ2n) is 4.94. The summed E-state index contributed by atoms with van der Waals surface area (Å²) in [6, 6.07) is 22.8. The molecule has 1 atom stereocenters. The summed E-state index contributed by atoms with van der Waals surface area (Å²) in [5.41, 5.74) is 0. The molecule has 0 saturated heterocycles. The Morgan fingerprint density at radius 2 is 1.32 bits per heavy atom. The van der Waals surface area contributed by atoms with Crippen molar-refractivity contribution in [3.05, 3.63) is 60.7 Å². The van der Waals surface area contributed by atoms with Gasteiger partial charge in [-0.25, -0.2) is 0 Å². The van der Waals surface area contributed by atoms with E-state index in [2.05, 4.69) is 74.1 Å². The van der Waals surface area contributed by atoms with Gasteiger partial charge < -0.3 is 4.12 Å². The van der Waals surface area contributed by atoms with Crippen LogP contribution in [-0.2, 0) is 4.12 Å². The van der Waals surface area contributed by atoms with Gasteiger partial charge in [0.05, 0.1) is 0 Å². The molecule has 0 bridgehead atoms. The van der Waals surface area contributed by atoms with Crippen molar-refractivity contribution in [2.24, 2.45) is 0 Å². The number of hydrogen-bond donors (Lipinski definition) is 0. The zero-order valence-electron chi connectivity index (χ0n) is 11.8. The van der Waals surface area contributed by atoms with Crippen molar-refractivity contribution >= 4 is 28.5 Å². The molecule has 0 aliphatic heterocycles. The van der Waals surface area contributed by atoms with E-state index < -0.39 is 18.1 Å². The van der Waals surface area contributed by atoms with E-state index in [4.69, 9.17) is 4.12 Å². The SMILES string of the molecule is CCC[SiH](C)O[SiH](c1ccccc1)c1ccccc1. The molecule has 1 nitrogen and oxygen atoms in total. The highest BCUT2D eigenvalue weighted by Gasteiger charge is 2.19. The molecule has 0 N–H and O–H groups in total. The van der Waals surface area contributed by atoms with Gasteiger partial charge >= 0.3 is 0 Å². The lowest BCUT2D eigenvalue weighted by atomic mass is 10.4. The predicted octanol–water partition coefficient (Wildman–Crippen LogP) is 2.30. The van der Waals surface area contributed by atoms with Crippen molar-refractivity contribution < 1.29 is 4.12 Å². The van der Waals surface area contributed by atoms with Gasteiger partial charge in [0, 0.05) is 0 Å². The van der Waals surface area contributed by atoms with Crippen LogP contribution < -0.4 is 10.4 Å². The first-order chi connectivity index (χ1) is 9.31. The third-order valence-corrected chi connectivity index (χ3v) is 9.59. The highest BCUT2D eigenvalue weighted by molar-refractivity contribution is 6.84. The lowest BCUT2D eigenvalue weighted by molar-refractivity contribution is 0.607. The minimum Gasteiger partial charge on any atom is -0.454 e. The van der Waals surface area contributed by atoms with E-state index >= 15 is 0 Å². The van der Waals surface area contributed by atoms with Crippen molar-refractivity contribution in [1.29, 1.82) is 0 Å². The molecule has 1 unspecified atom stereocenters. The van der Waals surface area contributed by atoms with Crippen LogP contribution in [0.4, 0.5) is 0 Å². The van der Waals surface area contributed by atoms with E-state index in [1.807, 2.05) is 0 Å². The Morgan fingerprint density at radius 1 is 0.842 bits per heavy atom. The Hall–Kier alpha value is -1.17. The molecule has 0 fully saturated rings. The molecule has 0 amide bonds. The molecule has 0 aliphatic rings. The monoisotopic (exact) mass is 286 g/mol. The number of hydrogen-bond acceptors (Lipinski definition) is 1. The Bertz CT molecular complexity index is 433. The molecule has 2 aromatic rings. The summed E-state index contributed by atoms with van der Waals surface area (Å²) >= 11 is 0. The molecule has 0 radical (unpaired) electrons. The van der Waals surface area contributed by atoms with Crippen LogP contribution in [0.2, 0.25) is 12.6 Å². The fourth-order valence-corrected chi connectivity index (χ4v) is 8.31. The molecule has 100 valence electrons. The molecular weight excluding hydrogens is 264 g/mol. The highest BCUT2D eigenvalue weighted by atomic mass is 28.4. The van der Waals surface area contributed by atoms with Crippen molar-refractivity contribution in [2.75, 3.05) is 0 Å². The van der Waals surface area contributed by atoms with Gasteiger partial charge in [0.1, 0.15) is 0 Å². The lowest BCUT2D eigenvalue weighted by Gasteiger charge is -2.21. The summed E-state index contributed by atoms with van der Waals surface area (Å²) in [6.07, 6.45) is 1.23. The second-order valence-corrected chi connectivity index (χ2v) is 10.3. The van der Waals surface area contributed by atoms with Gasteiger partial charge in [0.15, 0.2) is 9.04 Å². The molecular formula is C16H22OSi2. The topological polar surface area (TPSA) is 9.23 Å². The first-order valence-electron chi connectivity index (χ1n) is 7.06. The van der Waals surface area contributed by atoms with Crippen LogP contribution in [0.5, 0.6) is 0 Å². The van der Waals surface area contributed by atoms with Crippen molar-refractivity contribution in [1.82, 2.24) is 0 Å². The Labute approximate surface area is 119 Å². The van der Waals surface area contributed by atoms with Gasteiger partial charge in [-0.3, -0.25) is 0 Å². The summed E-state index contributed by atoms with van der Waals surface area (Å²) in [7, 11) is -2.52. The van der Waals surface area contributed by atoms with Crippen LogP contribution in [0.1, 0.15) is 13.3 Å². The molecule has 0 aromatic heterocycles. The normalized spacial score (nSPS) is 12.6. The van der Waals surface area contributed by atoms with E-state index in [0.717, 1.165) is 0 Å². The second kappa shape index (κ2) is 7.43. The third-order valence-electron chi connectivity index (χ3n) is 3.27. The lowest BCUT2D eigenvalue weighted by Crippen LogP contribution is -2.47. The summed E-state index contributed by atoms with van der Waals surface area (Å²) in [5, 5.41) is 2.79. The molecule has 0 heterocycles. The minimum atomic E-state index is -1.48. The standard InChI is InChI=1S/C16H22OSi2/c1-3-14-18(2)17-19(15-10-6-4-7-11-15)16-12-8-5-9-13-16/h4-13,18-19H,3,14H2,1-2H3. The highest BCUT2D eigenvalue weighted by Crippen LogP contribution is 2.02. The summed E-state index contributed by atoms with van der Waals surface area (Å²) in [5.74, 6) is 0. The largest absolute Gasteiger partial charge is 0.454 e. The fourth-order valence-electron chi connectivity index (χ4n) is 2.31. The van der Waals surface area contributed by atoms with E-state index in [-0.39, 0.29) is 0 Å². The van der Waals surface area contributed by atoms with Crippen molar-refractivity contribution in [2.45, 2.75) is 25.9 Å². The molecule has 2 aromatic carbocycles. The fraction of sp³-hybridized carbons (Fsp3) is 0.250. The maximum absolute atomic E-state index is 6.54. The third kappa shape index (κ3) is 4.16. The number of rotatable bonds is 6. The van der Waals surface area contributed by atoms with Crippen molar-refractivity contribution in [3.8, 4) is 0 Å². The Morgan fingerprint density at radius 3 is 1.74 bits per heavy atom. The van der Waals surface area contributed by atoms with E-state index in [0.29, 0.717) is 0 Å². The zero-order valence-corrected chi connectivity index (χ0v) is 14.1. The molecule has 2 rings (SSSR count). The maximum atomic E-state index is 6.54. The van der Waals surface area contributed by atoms with E-state index in [1.54, 1.807) is 0 Å².